The lowest BCUT2D eigenvalue weighted by molar-refractivity contribution is 0.405. The molecule has 2 aromatic rings. The molecule has 0 aromatic carbocycles. The van der Waals surface area contributed by atoms with Crippen molar-refractivity contribution < 1.29 is 0 Å². The lowest BCUT2D eigenvalue weighted by atomic mass is 10.1. The van der Waals surface area contributed by atoms with Crippen molar-refractivity contribution in [2.45, 2.75) is 40.2 Å². The van der Waals surface area contributed by atoms with Gasteiger partial charge in [0.2, 0.25) is 0 Å². The summed E-state index contributed by atoms with van der Waals surface area (Å²) in [6, 6.07) is 2.38. The van der Waals surface area contributed by atoms with Crippen LogP contribution in [-0.2, 0) is 6.42 Å². The number of alkyl halides is 1. The summed E-state index contributed by atoms with van der Waals surface area (Å²) in [5.41, 5.74) is 3.16. The van der Waals surface area contributed by atoms with Crippen LogP contribution < -0.4 is 0 Å². The Bertz CT molecular complexity index is 545. The minimum absolute atomic E-state index is 0.377. The number of nitrogens with zero attached hydrogens (tertiary/aromatic N) is 3. The molecule has 4 heteroatoms. The maximum absolute atomic E-state index is 5.89. The number of imidazole rings is 1. The van der Waals surface area contributed by atoms with Gasteiger partial charge in [-0.25, -0.2) is 9.97 Å². The minimum atomic E-state index is 0.377. The van der Waals surface area contributed by atoms with Gasteiger partial charge in [0.25, 0.3) is 0 Å². The van der Waals surface area contributed by atoms with E-state index in [0.29, 0.717) is 17.8 Å². The van der Waals surface area contributed by atoms with Crippen LogP contribution in [0.15, 0.2) is 12.3 Å². The van der Waals surface area contributed by atoms with E-state index in [1.54, 1.807) is 0 Å². The number of aromatic nitrogens is 3. The van der Waals surface area contributed by atoms with E-state index in [9.17, 15) is 0 Å². The zero-order valence-electron chi connectivity index (χ0n) is 11.4. The van der Waals surface area contributed by atoms with Gasteiger partial charge in [0.1, 0.15) is 11.3 Å². The summed E-state index contributed by atoms with van der Waals surface area (Å²) in [5, 5.41) is 0. The molecule has 1 atom stereocenters. The second kappa shape index (κ2) is 5.27. The normalized spacial score (nSPS) is 13.4. The first kappa shape index (κ1) is 13.3. The molecule has 0 aliphatic heterocycles. The summed E-state index contributed by atoms with van der Waals surface area (Å²) in [6.45, 7) is 8.73. The predicted octanol–water partition coefficient (Wildman–Crippen LogP) is 3.74. The molecule has 0 aliphatic rings. The zero-order chi connectivity index (χ0) is 13.3. The topological polar surface area (TPSA) is 30.7 Å². The van der Waals surface area contributed by atoms with E-state index in [4.69, 9.17) is 16.6 Å². The van der Waals surface area contributed by atoms with Gasteiger partial charge < -0.3 is 4.57 Å². The summed E-state index contributed by atoms with van der Waals surface area (Å²) in [6.07, 6.45) is 2.64. The van der Waals surface area contributed by atoms with Gasteiger partial charge in [-0.1, -0.05) is 13.8 Å². The maximum Gasteiger partial charge on any atom is 0.160 e. The van der Waals surface area contributed by atoms with Crippen molar-refractivity contribution in [3.05, 3.63) is 23.7 Å². The number of fused-ring (bicyclic) bond motifs is 1. The quantitative estimate of drug-likeness (QED) is 0.789. The fourth-order valence-electron chi connectivity index (χ4n) is 2.14. The van der Waals surface area contributed by atoms with Crippen LogP contribution in [0.1, 0.15) is 38.2 Å². The molecule has 1 unspecified atom stereocenters. The predicted molar refractivity (Wildman–Crippen MR) is 76.2 cm³/mol. The first-order chi connectivity index (χ1) is 8.56. The third-order valence-electron chi connectivity index (χ3n) is 3.54. The average Bonchev–Trinajstić information content (AvgIpc) is 2.68. The Kier molecular flexibility index (Phi) is 3.91. The average molecular weight is 266 g/mol. The molecule has 2 rings (SSSR count). The third kappa shape index (κ3) is 2.24. The summed E-state index contributed by atoms with van der Waals surface area (Å²) >= 11 is 5.89. The molecule has 2 heterocycles. The molecule has 0 fully saturated rings. The van der Waals surface area contributed by atoms with Crippen molar-refractivity contribution in [3.8, 4) is 0 Å². The van der Waals surface area contributed by atoms with Crippen molar-refractivity contribution in [1.29, 1.82) is 0 Å². The first-order valence-electron chi connectivity index (χ1n) is 6.44. The fourth-order valence-corrected chi connectivity index (χ4v) is 2.31. The molecule has 2 aromatic heterocycles. The molecule has 0 N–H and O–H groups in total. The highest BCUT2D eigenvalue weighted by atomic mass is 35.5. The molecule has 0 saturated carbocycles. The number of hydrogen-bond donors (Lipinski definition) is 0. The van der Waals surface area contributed by atoms with Gasteiger partial charge in [-0.2, -0.15) is 0 Å². The molecule has 0 aliphatic carbocycles. The van der Waals surface area contributed by atoms with Gasteiger partial charge in [-0.3, -0.25) is 0 Å². The molecule has 18 heavy (non-hydrogen) atoms. The number of pyridine rings is 1. The highest BCUT2D eigenvalue weighted by Crippen LogP contribution is 2.26. The largest absolute Gasteiger partial charge is 0.310 e. The Morgan fingerprint density at radius 3 is 2.67 bits per heavy atom. The van der Waals surface area contributed by atoms with Crippen molar-refractivity contribution in [2.75, 3.05) is 5.88 Å². The van der Waals surface area contributed by atoms with E-state index in [0.717, 1.165) is 23.4 Å². The van der Waals surface area contributed by atoms with Crippen molar-refractivity contribution in [2.24, 2.45) is 5.92 Å². The standard InChI is InChI=1S/C14H20ClN3/c1-9(2)11(4)18-12(5-7-15)17-13-10(3)6-8-16-14(13)18/h6,8-9,11H,5,7H2,1-4H3. The van der Waals surface area contributed by atoms with Crippen LogP contribution in [0.3, 0.4) is 0 Å². The highest BCUT2D eigenvalue weighted by molar-refractivity contribution is 6.17. The van der Waals surface area contributed by atoms with E-state index in [1.165, 1.54) is 5.56 Å². The van der Waals surface area contributed by atoms with E-state index >= 15 is 0 Å². The van der Waals surface area contributed by atoms with Crippen molar-refractivity contribution in [3.63, 3.8) is 0 Å². The number of rotatable bonds is 4. The summed E-state index contributed by atoms with van der Waals surface area (Å²) in [7, 11) is 0. The highest BCUT2D eigenvalue weighted by Gasteiger charge is 2.19. The Hall–Kier alpha value is -1.09. The van der Waals surface area contributed by atoms with Crippen LogP contribution >= 0.6 is 11.6 Å². The monoisotopic (exact) mass is 265 g/mol. The maximum atomic E-state index is 5.89. The van der Waals surface area contributed by atoms with E-state index in [-0.39, 0.29) is 0 Å². The zero-order valence-corrected chi connectivity index (χ0v) is 12.2. The Labute approximate surface area is 113 Å². The van der Waals surface area contributed by atoms with Crippen molar-refractivity contribution in [1.82, 2.24) is 14.5 Å². The molecule has 0 amide bonds. The third-order valence-corrected chi connectivity index (χ3v) is 3.73. The lowest BCUT2D eigenvalue weighted by Gasteiger charge is -2.20. The van der Waals surface area contributed by atoms with Crippen molar-refractivity contribution >= 4 is 22.8 Å². The molecule has 0 saturated heterocycles. The molecule has 0 radical (unpaired) electrons. The smallest absolute Gasteiger partial charge is 0.160 e. The number of aryl methyl sites for hydroxylation is 2. The van der Waals surface area contributed by atoms with E-state index in [2.05, 4.69) is 37.2 Å². The lowest BCUT2D eigenvalue weighted by Crippen LogP contribution is -2.15. The summed E-state index contributed by atoms with van der Waals surface area (Å²) in [4.78, 5) is 9.23. The van der Waals surface area contributed by atoms with Gasteiger partial charge in [-0.05, 0) is 31.4 Å². The summed E-state index contributed by atoms with van der Waals surface area (Å²) in [5.74, 6) is 2.18. The van der Waals surface area contributed by atoms with Crippen LogP contribution in [0, 0.1) is 12.8 Å². The van der Waals surface area contributed by atoms with Crippen LogP contribution in [-0.4, -0.2) is 20.4 Å². The Balaban J connectivity index is 2.66. The van der Waals surface area contributed by atoms with Crippen LogP contribution in [0.25, 0.3) is 11.2 Å². The van der Waals surface area contributed by atoms with E-state index in [1.807, 2.05) is 12.3 Å². The fraction of sp³-hybridized carbons (Fsp3) is 0.571. The minimum Gasteiger partial charge on any atom is -0.310 e. The number of hydrogen-bond acceptors (Lipinski definition) is 2. The second-order valence-electron chi connectivity index (χ2n) is 5.12. The number of halogens is 1. The SMILES string of the molecule is Cc1ccnc2c1nc(CCCl)n2C(C)C(C)C. The second-order valence-corrected chi connectivity index (χ2v) is 5.50. The molecular formula is C14H20ClN3. The van der Waals surface area contributed by atoms with Gasteiger partial charge in [0, 0.05) is 24.5 Å². The molecule has 3 nitrogen and oxygen atoms in total. The Morgan fingerprint density at radius 1 is 1.33 bits per heavy atom. The van der Waals surface area contributed by atoms with Gasteiger partial charge >= 0.3 is 0 Å². The molecule has 0 spiro atoms. The van der Waals surface area contributed by atoms with Crippen LogP contribution in [0.4, 0.5) is 0 Å². The summed E-state index contributed by atoms with van der Waals surface area (Å²) < 4.78 is 2.25. The van der Waals surface area contributed by atoms with Gasteiger partial charge in [0.05, 0.1) is 0 Å². The van der Waals surface area contributed by atoms with Crippen LogP contribution in [0.2, 0.25) is 0 Å². The van der Waals surface area contributed by atoms with Crippen LogP contribution in [0.5, 0.6) is 0 Å². The first-order valence-corrected chi connectivity index (χ1v) is 6.98. The Morgan fingerprint density at radius 2 is 2.06 bits per heavy atom. The van der Waals surface area contributed by atoms with Gasteiger partial charge in [-0.15, -0.1) is 11.6 Å². The molecule has 98 valence electrons. The molecular weight excluding hydrogens is 246 g/mol. The van der Waals surface area contributed by atoms with E-state index < -0.39 is 0 Å². The molecule has 0 bridgehead atoms. The van der Waals surface area contributed by atoms with Gasteiger partial charge in [0.15, 0.2) is 5.65 Å².